The Labute approximate surface area is 186 Å². The number of carbonyl (C=O) groups excluding carboxylic acids is 1. The number of benzene rings is 2. The number of aromatic amines is 1. The Morgan fingerprint density at radius 3 is 2.42 bits per heavy atom. The molecule has 33 heavy (non-hydrogen) atoms. The standard InChI is InChI=1S/C22H19F3N6O2/c1-21(2,19-27-16(29-30-19)13-7-4-3-5-8-13)12-26-18(32)15-10-6-9-14(11-15)17-28-20(33-31-17)22(23,24)25/h3-11H,12H2,1-2H3,(H,26,32)(H,27,29,30). The lowest BCUT2D eigenvalue weighted by atomic mass is 9.92. The number of nitrogens with zero attached hydrogens (tertiary/aromatic N) is 4. The minimum absolute atomic E-state index is 0.226. The molecule has 0 spiro atoms. The molecule has 2 aromatic carbocycles. The van der Waals surface area contributed by atoms with Gasteiger partial charge in [-0.15, -0.1) is 0 Å². The van der Waals surface area contributed by atoms with E-state index in [-0.39, 0.29) is 23.5 Å². The van der Waals surface area contributed by atoms with Crippen molar-refractivity contribution < 1.29 is 22.5 Å². The Hall–Kier alpha value is -4.02. The van der Waals surface area contributed by atoms with Gasteiger partial charge in [-0.2, -0.15) is 23.3 Å². The van der Waals surface area contributed by atoms with Crippen LogP contribution in [-0.2, 0) is 11.6 Å². The summed E-state index contributed by atoms with van der Waals surface area (Å²) in [6, 6.07) is 15.4. The number of halogens is 3. The molecule has 8 nitrogen and oxygen atoms in total. The molecule has 11 heteroatoms. The number of hydrogen-bond acceptors (Lipinski definition) is 6. The summed E-state index contributed by atoms with van der Waals surface area (Å²) in [7, 11) is 0. The number of H-pyrrole nitrogens is 1. The molecule has 2 heterocycles. The largest absolute Gasteiger partial charge is 0.471 e. The van der Waals surface area contributed by atoms with Crippen LogP contribution in [0, 0.1) is 0 Å². The highest BCUT2D eigenvalue weighted by Gasteiger charge is 2.38. The zero-order chi connectivity index (χ0) is 23.6. The van der Waals surface area contributed by atoms with Gasteiger partial charge >= 0.3 is 12.1 Å². The first-order valence-corrected chi connectivity index (χ1v) is 9.91. The van der Waals surface area contributed by atoms with Crippen LogP contribution in [0.4, 0.5) is 13.2 Å². The van der Waals surface area contributed by atoms with Crippen LogP contribution in [0.25, 0.3) is 22.8 Å². The molecule has 0 unspecified atom stereocenters. The molecule has 2 aromatic heterocycles. The first kappa shape index (κ1) is 22.2. The summed E-state index contributed by atoms with van der Waals surface area (Å²) < 4.78 is 42.4. The van der Waals surface area contributed by atoms with Crippen molar-refractivity contribution in [1.29, 1.82) is 0 Å². The quantitative estimate of drug-likeness (QED) is 0.449. The molecule has 2 N–H and O–H groups in total. The SMILES string of the molecule is CC(C)(CNC(=O)c1cccc(-c2noc(C(F)(F)F)n2)c1)c1nc(-c2ccccc2)n[nH]1. The monoisotopic (exact) mass is 456 g/mol. The number of rotatable bonds is 6. The molecule has 0 aliphatic heterocycles. The molecule has 170 valence electrons. The molecular formula is C22H19F3N6O2. The van der Waals surface area contributed by atoms with E-state index in [1.807, 2.05) is 44.2 Å². The van der Waals surface area contributed by atoms with Crippen LogP contribution in [0.2, 0.25) is 0 Å². The fourth-order valence-corrected chi connectivity index (χ4v) is 3.02. The van der Waals surface area contributed by atoms with Gasteiger partial charge in [0, 0.05) is 28.7 Å². The van der Waals surface area contributed by atoms with Crippen LogP contribution in [0.3, 0.4) is 0 Å². The third-order valence-corrected chi connectivity index (χ3v) is 4.90. The Balaban J connectivity index is 1.45. The van der Waals surface area contributed by atoms with Gasteiger partial charge < -0.3 is 9.84 Å². The lowest BCUT2D eigenvalue weighted by Gasteiger charge is -2.22. The summed E-state index contributed by atoms with van der Waals surface area (Å²) in [5.41, 5.74) is 0.766. The van der Waals surface area contributed by atoms with Crippen molar-refractivity contribution in [2.24, 2.45) is 0 Å². The summed E-state index contributed by atoms with van der Waals surface area (Å²) in [5.74, 6) is -0.964. The van der Waals surface area contributed by atoms with E-state index >= 15 is 0 Å². The molecule has 0 aliphatic carbocycles. The average molecular weight is 456 g/mol. The zero-order valence-corrected chi connectivity index (χ0v) is 17.6. The van der Waals surface area contributed by atoms with Crippen molar-refractivity contribution in [3.63, 3.8) is 0 Å². The Morgan fingerprint density at radius 2 is 1.73 bits per heavy atom. The number of alkyl halides is 3. The van der Waals surface area contributed by atoms with Gasteiger partial charge in [-0.1, -0.05) is 61.5 Å². The van der Waals surface area contributed by atoms with Crippen LogP contribution in [0.1, 0.15) is 35.9 Å². The van der Waals surface area contributed by atoms with Gasteiger partial charge in [0.1, 0.15) is 5.82 Å². The van der Waals surface area contributed by atoms with Gasteiger partial charge in [-0.25, -0.2) is 4.98 Å². The third-order valence-electron chi connectivity index (χ3n) is 4.90. The molecule has 1 amide bonds. The van der Waals surface area contributed by atoms with E-state index in [1.165, 1.54) is 18.2 Å². The molecule has 0 aliphatic rings. The van der Waals surface area contributed by atoms with E-state index in [0.717, 1.165) is 5.56 Å². The summed E-state index contributed by atoms with van der Waals surface area (Å²) >= 11 is 0. The summed E-state index contributed by atoms with van der Waals surface area (Å²) in [6.45, 7) is 4.04. The molecule has 0 saturated carbocycles. The van der Waals surface area contributed by atoms with Gasteiger partial charge in [0.25, 0.3) is 5.91 Å². The second kappa shape index (κ2) is 8.49. The number of nitrogens with one attached hydrogen (secondary N) is 2. The van der Waals surface area contributed by atoms with E-state index in [1.54, 1.807) is 6.07 Å². The normalized spacial score (nSPS) is 12.0. The molecule has 0 saturated heterocycles. The van der Waals surface area contributed by atoms with E-state index in [2.05, 4.69) is 35.2 Å². The lowest BCUT2D eigenvalue weighted by Crippen LogP contribution is -2.37. The lowest BCUT2D eigenvalue weighted by molar-refractivity contribution is -0.159. The van der Waals surface area contributed by atoms with Gasteiger partial charge in [0.2, 0.25) is 5.82 Å². The second-order valence-corrected chi connectivity index (χ2v) is 7.94. The van der Waals surface area contributed by atoms with Gasteiger partial charge in [-0.3, -0.25) is 9.89 Å². The summed E-state index contributed by atoms with van der Waals surface area (Å²) in [6.07, 6.45) is -4.74. The van der Waals surface area contributed by atoms with E-state index in [9.17, 15) is 18.0 Å². The summed E-state index contributed by atoms with van der Waals surface area (Å²) in [4.78, 5) is 20.6. The van der Waals surface area contributed by atoms with Crippen molar-refractivity contribution >= 4 is 5.91 Å². The maximum atomic E-state index is 12.7. The number of hydrogen-bond donors (Lipinski definition) is 2. The van der Waals surface area contributed by atoms with Gasteiger partial charge in [-0.05, 0) is 12.1 Å². The van der Waals surface area contributed by atoms with E-state index in [4.69, 9.17) is 0 Å². The minimum atomic E-state index is -4.74. The molecule has 0 atom stereocenters. The van der Waals surface area contributed by atoms with E-state index < -0.39 is 23.4 Å². The van der Waals surface area contributed by atoms with Crippen molar-refractivity contribution in [1.82, 2.24) is 30.6 Å². The van der Waals surface area contributed by atoms with Crippen LogP contribution in [0.15, 0.2) is 59.1 Å². The molecule has 0 bridgehead atoms. The Bertz CT molecular complexity index is 1260. The highest BCUT2D eigenvalue weighted by Crippen LogP contribution is 2.29. The predicted octanol–water partition coefficient (Wildman–Crippen LogP) is 4.25. The van der Waals surface area contributed by atoms with Crippen molar-refractivity contribution in [3.8, 4) is 22.8 Å². The second-order valence-electron chi connectivity index (χ2n) is 7.94. The number of carbonyl (C=O) groups is 1. The summed E-state index contributed by atoms with van der Waals surface area (Å²) in [5, 5.41) is 13.3. The Kier molecular flexibility index (Phi) is 5.71. The average Bonchev–Trinajstić information content (AvgIpc) is 3.49. The fraction of sp³-hybridized carbons (Fsp3) is 0.227. The maximum Gasteiger partial charge on any atom is 0.471 e. The molecule has 4 rings (SSSR count). The first-order valence-electron chi connectivity index (χ1n) is 9.91. The van der Waals surface area contributed by atoms with Crippen LogP contribution in [-0.4, -0.2) is 37.8 Å². The van der Waals surface area contributed by atoms with Crippen LogP contribution in [0.5, 0.6) is 0 Å². The first-order chi connectivity index (χ1) is 15.6. The smallest absolute Gasteiger partial charge is 0.351 e. The third kappa shape index (κ3) is 4.92. The van der Waals surface area contributed by atoms with Gasteiger partial charge in [0.05, 0.1) is 0 Å². The topological polar surface area (TPSA) is 110 Å². The number of amides is 1. The Morgan fingerprint density at radius 1 is 1.00 bits per heavy atom. The predicted molar refractivity (Wildman–Crippen MR) is 112 cm³/mol. The van der Waals surface area contributed by atoms with Gasteiger partial charge in [0.15, 0.2) is 5.82 Å². The molecule has 0 radical (unpaired) electrons. The van der Waals surface area contributed by atoms with Crippen molar-refractivity contribution in [2.45, 2.75) is 25.4 Å². The van der Waals surface area contributed by atoms with Crippen molar-refractivity contribution in [3.05, 3.63) is 71.9 Å². The zero-order valence-electron chi connectivity index (χ0n) is 17.6. The van der Waals surface area contributed by atoms with Crippen LogP contribution < -0.4 is 5.32 Å². The molecule has 4 aromatic rings. The van der Waals surface area contributed by atoms with E-state index in [0.29, 0.717) is 11.6 Å². The highest BCUT2D eigenvalue weighted by atomic mass is 19.4. The molecule has 0 fully saturated rings. The van der Waals surface area contributed by atoms with Crippen molar-refractivity contribution in [2.75, 3.05) is 6.54 Å². The molecular weight excluding hydrogens is 437 g/mol. The maximum absolute atomic E-state index is 12.7. The highest BCUT2D eigenvalue weighted by molar-refractivity contribution is 5.95. The fourth-order valence-electron chi connectivity index (χ4n) is 3.02. The minimum Gasteiger partial charge on any atom is -0.351 e. The van der Waals surface area contributed by atoms with Crippen LogP contribution >= 0.6 is 0 Å². The number of aromatic nitrogens is 5.